The van der Waals surface area contributed by atoms with Crippen LogP contribution in [0.1, 0.15) is 30.2 Å². The van der Waals surface area contributed by atoms with Gasteiger partial charge in [-0.2, -0.15) is 0 Å². The van der Waals surface area contributed by atoms with Crippen LogP contribution >= 0.6 is 11.3 Å². The van der Waals surface area contributed by atoms with Gasteiger partial charge in [0.15, 0.2) is 0 Å². The molecule has 0 radical (unpaired) electrons. The van der Waals surface area contributed by atoms with Gasteiger partial charge < -0.3 is 9.64 Å². The van der Waals surface area contributed by atoms with Crippen LogP contribution in [-0.4, -0.2) is 29.7 Å². The Hall–Kier alpha value is -1.98. The quantitative estimate of drug-likeness (QED) is 0.713. The average molecular weight is 339 g/mol. The highest BCUT2D eigenvalue weighted by atomic mass is 32.1. The van der Waals surface area contributed by atoms with Crippen molar-refractivity contribution in [2.24, 2.45) is 0 Å². The molecule has 4 rings (SSSR count). The third kappa shape index (κ3) is 3.01. The van der Waals surface area contributed by atoms with Crippen LogP contribution in [0.2, 0.25) is 0 Å². The average Bonchev–Trinajstić information content (AvgIpc) is 3.16. The molecule has 4 nitrogen and oxygen atoms in total. The molecule has 0 bridgehead atoms. The SMILES string of the molecule is CCCc1cc(N2CCOC(c3nccs3)C2)c2ccccc2n1. The van der Waals surface area contributed by atoms with Crippen molar-refractivity contribution in [3.8, 4) is 0 Å². The number of thiazole rings is 1. The van der Waals surface area contributed by atoms with E-state index >= 15 is 0 Å². The first-order chi connectivity index (χ1) is 11.8. The molecule has 0 aliphatic carbocycles. The minimum Gasteiger partial charge on any atom is -0.367 e. The Bertz CT molecular complexity index is 819. The lowest BCUT2D eigenvalue weighted by Gasteiger charge is -2.34. The zero-order chi connectivity index (χ0) is 16.4. The predicted molar refractivity (Wildman–Crippen MR) is 98.8 cm³/mol. The van der Waals surface area contributed by atoms with Crippen LogP contribution in [0.4, 0.5) is 5.69 Å². The van der Waals surface area contributed by atoms with Crippen LogP contribution in [-0.2, 0) is 11.2 Å². The number of hydrogen-bond donors (Lipinski definition) is 0. The highest BCUT2D eigenvalue weighted by Gasteiger charge is 2.25. The smallest absolute Gasteiger partial charge is 0.126 e. The van der Waals surface area contributed by atoms with Gasteiger partial charge in [0, 0.05) is 34.9 Å². The van der Waals surface area contributed by atoms with Crippen LogP contribution in [0.5, 0.6) is 0 Å². The Balaban J connectivity index is 1.71. The largest absolute Gasteiger partial charge is 0.367 e. The number of anilines is 1. The van der Waals surface area contributed by atoms with Crippen LogP contribution in [0.25, 0.3) is 10.9 Å². The fourth-order valence-corrected chi connectivity index (χ4v) is 3.94. The van der Waals surface area contributed by atoms with E-state index in [0.717, 1.165) is 43.1 Å². The molecule has 3 heterocycles. The molecule has 0 amide bonds. The van der Waals surface area contributed by atoms with E-state index in [4.69, 9.17) is 9.72 Å². The Labute approximate surface area is 146 Å². The van der Waals surface area contributed by atoms with Crippen LogP contribution in [0, 0.1) is 0 Å². The maximum absolute atomic E-state index is 5.95. The Kier molecular flexibility index (Phi) is 4.45. The summed E-state index contributed by atoms with van der Waals surface area (Å²) in [6.07, 6.45) is 4.03. The third-order valence-electron chi connectivity index (χ3n) is 4.39. The first kappa shape index (κ1) is 15.5. The summed E-state index contributed by atoms with van der Waals surface area (Å²) in [4.78, 5) is 11.7. The van der Waals surface area contributed by atoms with Gasteiger partial charge in [-0.1, -0.05) is 31.5 Å². The standard InChI is InChI=1S/C19H21N3OS/c1-2-5-14-12-17(15-6-3-4-7-16(15)21-14)22-9-10-23-18(13-22)19-20-8-11-24-19/h3-4,6-8,11-12,18H,2,5,9-10,13H2,1H3. The molecular formula is C19H21N3OS. The van der Waals surface area contributed by atoms with Crippen molar-refractivity contribution >= 4 is 27.9 Å². The molecule has 5 heteroatoms. The summed E-state index contributed by atoms with van der Waals surface area (Å²) in [6.45, 7) is 4.67. The summed E-state index contributed by atoms with van der Waals surface area (Å²) in [7, 11) is 0. The van der Waals surface area contributed by atoms with Gasteiger partial charge in [0.25, 0.3) is 0 Å². The summed E-state index contributed by atoms with van der Waals surface area (Å²) in [6, 6.07) is 10.7. The highest BCUT2D eigenvalue weighted by molar-refractivity contribution is 7.09. The normalized spacial score (nSPS) is 18.2. The predicted octanol–water partition coefficient (Wildman–Crippen LogP) is 4.22. The lowest BCUT2D eigenvalue weighted by Crippen LogP contribution is -2.38. The fourth-order valence-electron chi connectivity index (χ4n) is 3.27. The van der Waals surface area contributed by atoms with E-state index in [2.05, 4.69) is 47.1 Å². The maximum atomic E-state index is 5.95. The van der Waals surface area contributed by atoms with Gasteiger partial charge in [0.2, 0.25) is 0 Å². The van der Waals surface area contributed by atoms with E-state index in [-0.39, 0.29) is 6.10 Å². The number of pyridine rings is 1. The third-order valence-corrected chi connectivity index (χ3v) is 5.26. The number of aromatic nitrogens is 2. The fraction of sp³-hybridized carbons (Fsp3) is 0.368. The van der Waals surface area contributed by atoms with Crippen molar-refractivity contribution in [2.45, 2.75) is 25.9 Å². The van der Waals surface area contributed by atoms with Crippen molar-refractivity contribution in [3.05, 3.63) is 52.6 Å². The lowest BCUT2D eigenvalue weighted by atomic mass is 10.1. The van der Waals surface area contributed by atoms with E-state index in [1.54, 1.807) is 11.3 Å². The molecule has 2 aromatic heterocycles. The van der Waals surface area contributed by atoms with Gasteiger partial charge >= 0.3 is 0 Å². The van der Waals surface area contributed by atoms with Crippen molar-refractivity contribution in [1.29, 1.82) is 0 Å². The number of fused-ring (bicyclic) bond motifs is 1. The summed E-state index contributed by atoms with van der Waals surface area (Å²) < 4.78 is 5.95. The van der Waals surface area contributed by atoms with Gasteiger partial charge in [0.1, 0.15) is 11.1 Å². The molecule has 0 saturated carbocycles. The summed E-state index contributed by atoms with van der Waals surface area (Å²) in [5.41, 5.74) is 3.52. The molecule has 0 N–H and O–H groups in total. The Morgan fingerprint density at radius 3 is 3.08 bits per heavy atom. The lowest BCUT2D eigenvalue weighted by molar-refractivity contribution is 0.0397. The number of nitrogens with zero attached hydrogens (tertiary/aromatic N) is 3. The molecule has 124 valence electrons. The van der Waals surface area contributed by atoms with Crippen LogP contribution < -0.4 is 4.90 Å². The first-order valence-corrected chi connectivity index (χ1v) is 9.37. The van der Waals surface area contributed by atoms with E-state index < -0.39 is 0 Å². The molecule has 1 saturated heterocycles. The Morgan fingerprint density at radius 2 is 2.25 bits per heavy atom. The zero-order valence-electron chi connectivity index (χ0n) is 13.8. The molecule has 24 heavy (non-hydrogen) atoms. The van der Waals surface area contributed by atoms with Gasteiger partial charge in [-0.05, 0) is 18.6 Å². The highest BCUT2D eigenvalue weighted by Crippen LogP contribution is 2.32. The molecule has 1 unspecified atom stereocenters. The number of ether oxygens (including phenoxy) is 1. The minimum atomic E-state index is 0.0558. The summed E-state index contributed by atoms with van der Waals surface area (Å²) >= 11 is 1.67. The molecule has 1 fully saturated rings. The molecular weight excluding hydrogens is 318 g/mol. The molecule has 0 spiro atoms. The van der Waals surface area contributed by atoms with Gasteiger partial charge in [-0.3, -0.25) is 4.98 Å². The number of aryl methyl sites for hydroxylation is 1. The van der Waals surface area contributed by atoms with Crippen LogP contribution in [0.3, 0.4) is 0 Å². The van der Waals surface area contributed by atoms with Crippen LogP contribution in [0.15, 0.2) is 41.9 Å². The van der Waals surface area contributed by atoms with Gasteiger partial charge in [-0.15, -0.1) is 11.3 Å². The zero-order valence-corrected chi connectivity index (χ0v) is 14.6. The molecule has 1 aliphatic heterocycles. The van der Waals surface area contributed by atoms with Gasteiger partial charge in [-0.25, -0.2) is 4.98 Å². The van der Waals surface area contributed by atoms with Crippen molar-refractivity contribution in [1.82, 2.24) is 9.97 Å². The molecule has 1 atom stereocenters. The summed E-state index contributed by atoms with van der Waals surface area (Å²) in [5, 5.41) is 4.29. The van der Waals surface area contributed by atoms with Crippen molar-refractivity contribution < 1.29 is 4.74 Å². The number of benzene rings is 1. The summed E-state index contributed by atoms with van der Waals surface area (Å²) in [5.74, 6) is 0. The van der Waals surface area contributed by atoms with Crippen molar-refractivity contribution in [2.75, 3.05) is 24.6 Å². The van der Waals surface area contributed by atoms with E-state index in [9.17, 15) is 0 Å². The number of rotatable bonds is 4. The second-order valence-electron chi connectivity index (χ2n) is 6.08. The van der Waals surface area contributed by atoms with E-state index in [0.29, 0.717) is 0 Å². The van der Waals surface area contributed by atoms with E-state index in [1.165, 1.54) is 16.8 Å². The monoisotopic (exact) mass is 339 g/mol. The van der Waals surface area contributed by atoms with Crippen molar-refractivity contribution in [3.63, 3.8) is 0 Å². The molecule has 1 aliphatic rings. The maximum Gasteiger partial charge on any atom is 0.126 e. The minimum absolute atomic E-state index is 0.0558. The second kappa shape index (κ2) is 6.87. The molecule has 3 aromatic rings. The molecule has 1 aromatic carbocycles. The number of hydrogen-bond acceptors (Lipinski definition) is 5. The number of para-hydroxylation sites is 1. The van der Waals surface area contributed by atoms with E-state index in [1.807, 2.05) is 11.6 Å². The Morgan fingerprint density at radius 1 is 1.33 bits per heavy atom. The first-order valence-electron chi connectivity index (χ1n) is 8.49. The number of morpholine rings is 1. The second-order valence-corrected chi connectivity index (χ2v) is 7.00. The van der Waals surface area contributed by atoms with Gasteiger partial charge in [0.05, 0.1) is 18.7 Å². The topological polar surface area (TPSA) is 38.2 Å².